The van der Waals surface area contributed by atoms with Gasteiger partial charge in [0, 0.05) is 12.1 Å². The fourth-order valence-corrected chi connectivity index (χ4v) is 3.11. The first-order valence-electron chi connectivity index (χ1n) is 7.35. The molecule has 0 aliphatic heterocycles. The lowest BCUT2D eigenvalue weighted by molar-refractivity contribution is 0.220. The minimum absolute atomic E-state index is 0.105. The van der Waals surface area contributed by atoms with Gasteiger partial charge in [-0.2, -0.15) is 4.98 Å². The standard InChI is InChI=1S/C16H21N3O/c1-12-7-3-4-8-13(12)14-18-15(20-19-14)16(11-17)9-5-2-6-10-16/h3-4,7-8H,2,5-6,9-11,17H2,1H3. The average Bonchev–Trinajstić information content (AvgIpc) is 2.98. The Labute approximate surface area is 119 Å². The zero-order chi connectivity index (χ0) is 14.0. The second-order valence-corrected chi connectivity index (χ2v) is 5.78. The average molecular weight is 271 g/mol. The van der Waals surface area contributed by atoms with Gasteiger partial charge in [-0.05, 0) is 25.3 Å². The van der Waals surface area contributed by atoms with Crippen molar-refractivity contribution in [2.24, 2.45) is 5.73 Å². The molecular weight excluding hydrogens is 250 g/mol. The number of nitrogens with zero attached hydrogens (tertiary/aromatic N) is 2. The lowest BCUT2D eigenvalue weighted by Gasteiger charge is -2.32. The molecule has 4 nitrogen and oxygen atoms in total. The van der Waals surface area contributed by atoms with Crippen molar-refractivity contribution in [2.45, 2.75) is 44.4 Å². The molecule has 0 unspecified atom stereocenters. The van der Waals surface area contributed by atoms with Crippen LogP contribution in [0.2, 0.25) is 0 Å². The molecule has 1 aromatic carbocycles. The molecule has 1 fully saturated rings. The number of rotatable bonds is 3. The monoisotopic (exact) mass is 271 g/mol. The third kappa shape index (κ3) is 2.24. The van der Waals surface area contributed by atoms with Gasteiger partial charge in [-0.15, -0.1) is 0 Å². The first-order chi connectivity index (χ1) is 9.75. The zero-order valence-corrected chi connectivity index (χ0v) is 11.9. The molecule has 106 valence electrons. The van der Waals surface area contributed by atoms with Crippen LogP contribution >= 0.6 is 0 Å². The highest BCUT2D eigenvalue weighted by atomic mass is 16.5. The molecule has 1 saturated carbocycles. The fourth-order valence-electron chi connectivity index (χ4n) is 3.11. The van der Waals surface area contributed by atoms with Crippen LogP contribution in [0.3, 0.4) is 0 Å². The summed E-state index contributed by atoms with van der Waals surface area (Å²) in [5, 5.41) is 4.17. The Morgan fingerprint density at radius 2 is 1.95 bits per heavy atom. The van der Waals surface area contributed by atoms with Crippen molar-refractivity contribution in [3.8, 4) is 11.4 Å². The van der Waals surface area contributed by atoms with Crippen molar-refractivity contribution in [3.05, 3.63) is 35.7 Å². The summed E-state index contributed by atoms with van der Waals surface area (Å²) in [4.78, 5) is 4.65. The second-order valence-electron chi connectivity index (χ2n) is 5.78. The highest BCUT2D eigenvalue weighted by Crippen LogP contribution is 2.38. The molecule has 4 heteroatoms. The topological polar surface area (TPSA) is 64.9 Å². The van der Waals surface area contributed by atoms with Gasteiger partial charge in [0.15, 0.2) is 0 Å². The number of hydrogen-bond donors (Lipinski definition) is 1. The van der Waals surface area contributed by atoms with Crippen LogP contribution in [0.4, 0.5) is 0 Å². The fraction of sp³-hybridized carbons (Fsp3) is 0.500. The van der Waals surface area contributed by atoms with Crippen LogP contribution in [0.15, 0.2) is 28.8 Å². The first-order valence-corrected chi connectivity index (χ1v) is 7.35. The molecule has 1 heterocycles. The van der Waals surface area contributed by atoms with Crippen molar-refractivity contribution < 1.29 is 4.52 Å². The van der Waals surface area contributed by atoms with Gasteiger partial charge < -0.3 is 10.3 Å². The summed E-state index contributed by atoms with van der Waals surface area (Å²) in [6.45, 7) is 2.65. The summed E-state index contributed by atoms with van der Waals surface area (Å²) in [5.41, 5.74) is 8.11. The van der Waals surface area contributed by atoms with Gasteiger partial charge in [-0.25, -0.2) is 0 Å². The first kappa shape index (κ1) is 13.3. The molecule has 20 heavy (non-hydrogen) atoms. The van der Waals surface area contributed by atoms with Crippen LogP contribution in [0.5, 0.6) is 0 Å². The number of nitrogens with two attached hydrogens (primary N) is 1. The molecule has 0 spiro atoms. The van der Waals surface area contributed by atoms with E-state index in [1.165, 1.54) is 19.3 Å². The van der Waals surface area contributed by atoms with E-state index in [1.54, 1.807) is 0 Å². The Hall–Kier alpha value is -1.68. The van der Waals surface area contributed by atoms with Crippen LogP contribution in [-0.2, 0) is 5.41 Å². The van der Waals surface area contributed by atoms with E-state index in [0.717, 1.165) is 29.9 Å². The molecule has 0 bridgehead atoms. The Bertz CT molecular complexity index is 585. The molecule has 0 saturated heterocycles. The van der Waals surface area contributed by atoms with E-state index in [0.29, 0.717) is 12.4 Å². The van der Waals surface area contributed by atoms with Gasteiger partial charge >= 0.3 is 0 Å². The molecule has 2 N–H and O–H groups in total. The van der Waals surface area contributed by atoms with Crippen LogP contribution in [0.25, 0.3) is 11.4 Å². The quantitative estimate of drug-likeness (QED) is 0.931. The number of aryl methyl sites for hydroxylation is 1. The maximum Gasteiger partial charge on any atom is 0.234 e. The third-order valence-corrected chi connectivity index (χ3v) is 4.47. The van der Waals surface area contributed by atoms with Gasteiger partial charge in [0.2, 0.25) is 11.7 Å². The molecule has 1 aliphatic carbocycles. The Balaban J connectivity index is 1.95. The smallest absolute Gasteiger partial charge is 0.234 e. The Morgan fingerprint density at radius 1 is 1.20 bits per heavy atom. The normalized spacial score (nSPS) is 18.1. The predicted octanol–water partition coefficient (Wildman–Crippen LogP) is 3.21. The van der Waals surface area contributed by atoms with Crippen LogP contribution < -0.4 is 5.73 Å². The molecule has 3 rings (SSSR count). The summed E-state index contributed by atoms with van der Waals surface area (Å²) in [6.07, 6.45) is 5.77. The summed E-state index contributed by atoms with van der Waals surface area (Å²) in [5.74, 6) is 1.40. The minimum atomic E-state index is -0.105. The van der Waals surface area contributed by atoms with Crippen molar-refractivity contribution in [1.29, 1.82) is 0 Å². The van der Waals surface area contributed by atoms with E-state index in [1.807, 2.05) is 18.2 Å². The van der Waals surface area contributed by atoms with Crippen molar-refractivity contribution in [1.82, 2.24) is 10.1 Å². The molecule has 2 aromatic rings. The van der Waals surface area contributed by atoms with Gasteiger partial charge in [0.05, 0.1) is 5.41 Å². The van der Waals surface area contributed by atoms with E-state index in [-0.39, 0.29) is 5.41 Å². The molecular formula is C16H21N3O. The predicted molar refractivity (Wildman–Crippen MR) is 78.3 cm³/mol. The number of aromatic nitrogens is 2. The molecule has 0 atom stereocenters. The van der Waals surface area contributed by atoms with E-state index >= 15 is 0 Å². The largest absolute Gasteiger partial charge is 0.338 e. The SMILES string of the molecule is Cc1ccccc1-c1noc(C2(CN)CCCCC2)n1. The van der Waals surface area contributed by atoms with Gasteiger partial charge in [-0.1, -0.05) is 48.7 Å². The maximum absolute atomic E-state index is 6.02. The van der Waals surface area contributed by atoms with Crippen molar-refractivity contribution in [3.63, 3.8) is 0 Å². The van der Waals surface area contributed by atoms with Crippen molar-refractivity contribution >= 4 is 0 Å². The summed E-state index contributed by atoms with van der Waals surface area (Å²) >= 11 is 0. The van der Waals surface area contributed by atoms with Gasteiger partial charge in [0.25, 0.3) is 0 Å². The highest BCUT2D eigenvalue weighted by molar-refractivity contribution is 5.59. The van der Waals surface area contributed by atoms with Crippen LogP contribution in [-0.4, -0.2) is 16.7 Å². The van der Waals surface area contributed by atoms with E-state index in [9.17, 15) is 0 Å². The summed E-state index contributed by atoms with van der Waals surface area (Å²) < 4.78 is 5.57. The highest BCUT2D eigenvalue weighted by Gasteiger charge is 2.38. The van der Waals surface area contributed by atoms with Crippen molar-refractivity contribution in [2.75, 3.05) is 6.54 Å². The molecule has 0 amide bonds. The maximum atomic E-state index is 6.02. The minimum Gasteiger partial charge on any atom is -0.338 e. The molecule has 0 radical (unpaired) electrons. The van der Waals surface area contributed by atoms with E-state index in [4.69, 9.17) is 10.3 Å². The Morgan fingerprint density at radius 3 is 2.65 bits per heavy atom. The molecule has 1 aromatic heterocycles. The van der Waals surface area contributed by atoms with E-state index in [2.05, 4.69) is 23.1 Å². The molecule has 1 aliphatic rings. The Kier molecular flexibility index (Phi) is 3.57. The number of hydrogen-bond acceptors (Lipinski definition) is 4. The number of benzene rings is 1. The van der Waals surface area contributed by atoms with E-state index < -0.39 is 0 Å². The second kappa shape index (κ2) is 5.37. The van der Waals surface area contributed by atoms with Crippen LogP contribution in [0.1, 0.15) is 43.6 Å². The lowest BCUT2D eigenvalue weighted by Crippen LogP contribution is -2.37. The van der Waals surface area contributed by atoms with Gasteiger partial charge in [-0.3, -0.25) is 0 Å². The summed E-state index contributed by atoms with van der Waals surface area (Å²) in [7, 11) is 0. The summed E-state index contributed by atoms with van der Waals surface area (Å²) in [6, 6.07) is 8.10. The lowest BCUT2D eigenvalue weighted by atomic mass is 9.74. The van der Waals surface area contributed by atoms with Crippen LogP contribution in [0, 0.1) is 6.92 Å². The van der Waals surface area contributed by atoms with Gasteiger partial charge in [0.1, 0.15) is 0 Å². The third-order valence-electron chi connectivity index (χ3n) is 4.47. The zero-order valence-electron chi connectivity index (χ0n) is 11.9.